The Hall–Kier alpha value is -5.16. The summed E-state index contributed by atoms with van der Waals surface area (Å²) in [5, 5.41) is 9.21. The van der Waals surface area contributed by atoms with Gasteiger partial charge in [0.25, 0.3) is 5.56 Å². The fourth-order valence-corrected chi connectivity index (χ4v) is 6.06. The number of carboxylic acid groups (broad SMARTS) is 1. The third-order valence-electron chi connectivity index (χ3n) is 7.08. The highest BCUT2D eigenvalue weighted by molar-refractivity contribution is 7.07. The van der Waals surface area contributed by atoms with Crippen LogP contribution < -0.4 is 29.1 Å². The molecule has 1 aliphatic rings. The van der Waals surface area contributed by atoms with Gasteiger partial charge in [-0.2, -0.15) is 0 Å². The van der Waals surface area contributed by atoms with E-state index in [0.29, 0.717) is 44.4 Å². The molecule has 0 saturated carbocycles. The summed E-state index contributed by atoms with van der Waals surface area (Å²) in [7, 11) is 1.55. The highest BCUT2D eigenvalue weighted by Crippen LogP contribution is 2.36. The Morgan fingerprint density at radius 3 is 2.47 bits per heavy atom. The molecule has 232 valence electrons. The van der Waals surface area contributed by atoms with Crippen molar-refractivity contribution < 1.29 is 33.6 Å². The standard InChI is InChI=1S/C34H32N2O8S/c1-5-42-27-18-23(12-15-26(27)41-4)30-29(33(40)43-6-2)20(3)35-34-36(30)31(37)28(45-34)17-21-10-13-25(14-11-21)44-19-22-8-7-9-24(16-22)32(38)39/h7-18,30H,5-6,19H2,1-4H3,(H,38,39)/b28-17-/t30-/m0/s1. The molecule has 11 heteroatoms. The van der Waals surface area contributed by atoms with Crippen LogP contribution >= 0.6 is 11.3 Å². The van der Waals surface area contributed by atoms with Crippen molar-refractivity contribution in [3.8, 4) is 17.2 Å². The van der Waals surface area contributed by atoms with Crippen molar-refractivity contribution in [1.82, 2.24) is 4.57 Å². The number of hydrogen-bond acceptors (Lipinski definition) is 9. The van der Waals surface area contributed by atoms with E-state index in [4.69, 9.17) is 18.9 Å². The predicted molar refractivity (Wildman–Crippen MR) is 169 cm³/mol. The number of hydrogen-bond donors (Lipinski definition) is 1. The van der Waals surface area contributed by atoms with Crippen LogP contribution in [0.1, 0.15) is 53.9 Å². The van der Waals surface area contributed by atoms with E-state index in [2.05, 4.69) is 4.99 Å². The molecule has 0 bridgehead atoms. The van der Waals surface area contributed by atoms with Crippen LogP contribution in [-0.4, -0.2) is 41.9 Å². The summed E-state index contributed by atoms with van der Waals surface area (Å²) in [6, 6.07) is 18.3. The number of ether oxygens (including phenoxy) is 4. The maximum absolute atomic E-state index is 14.0. The first-order valence-electron chi connectivity index (χ1n) is 14.3. The number of aromatic nitrogens is 1. The van der Waals surface area contributed by atoms with Gasteiger partial charge in [0.15, 0.2) is 16.3 Å². The number of rotatable bonds is 11. The van der Waals surface area contributed by atoms with E-state index in [1.807, 2.05) is 19.1 Å². The summed E-state index contributed by atoms with van der Waals surface area (Å²) >= 11 is 1.23. The van der Waals surface area contributed by atoms with Gasteiger partial charge in [0.05, 0.1) is 47.7 Å². The van der Waals surface area contributed by atoms with Crippen LogP contribution in [0.15, 0.2) is 87.8 Å². The van der Waals surface area contributed by atoms with Gasteiger partial charge >= 0.3 is 11.9 Å². The van der Waals surface area contributed by atoms with Crippen molar-refractivity contribution >= 4 is 29.4 Å². The molecule has 2 heterocycles. The van der Waals surface area contributed by atoms with E-state index < -0.39 is 18.0 Å². The zero-order valence-corrected chi connectivity index (χ0v) is 26.1. The Bertz CT molecular complexity index is 1960. The number of thiazole rings is 1. The number of fused-ring (bicyclic) bond motifs is 1. The van der Waals surface area contributed by atoms with Crippen molar-refractivity contribution in [2.75, 3.05) is 20.3 Å². The molecule has 0 amide bonds. The first-order valence-corrected chi connectivity index (χ1v) is 15.1. The van der Waals surface area contributed by atoms with Crippen LogP contribution in [0.25, 0.3) is 6.08 Å². The smallest absolute Gasteiger partial charge is 0.338 e. The second-order valence-corrected chi connectivity index (χ2v) is 11.0. The summed E-state index contributed by atoms with van der Waals surface area (Å²) in [6.45, 7) is 6.11. The minimum Gasteiger partial charge on any atom is -0.493 e. The van der Waals surface area contributed by atoms with Crippen LogP contribution in [0.4, 0.5) is 0 Å². The fraction of sp³-hybridized carbons (Fsp3) is 0.235. The van der Waals surface area contributed by atoms with E-state index in [-0.39, 0.29) is 29.9 Å². The van der Waals surface area contributed by atoms with Gasteiger partial charge < -0.3 is 24.1 Å². The first-order chi connectivity index (χ1) is 21.7. The van der Waals surface area contributed by atoms with Crippen molar-refractivity contribution in [2.24, 2.45) is 4.99 Å². The first kappa shape index (κ1) is 31.3. The number of carbonyl (C=O) groups excluding carboxylic acids is 1. The fourth-order valence-electron chi connectivity index (χ4n) is 5.01. The van der Waals surface area contributed by atoms with Crippen molar-refractivity contribution in [2.45, 2.75) is 33.4 Å². The van der Waals surface area contributed by atoms with Crippen molar-refractivity contribution in [3.05, 3.63) is 120 Å². The van der Waals surface area contributed by atoms with Crippen LogP contribution in [0.2, 0.25) is 0 Å². The van der Waals surface area contributed by atoms with Crippen LogP contribution in [0, 0.1) is 0 Å². The molecule has 1 atom stereocenters. The molecular weight excluding hydrogens is 596 g/mol. The molecule has 0 fully saturated rings. The van der Waals surface area contributed by atoms with Gasteiger partial charge in [-0.1, -0.05) is 41.7 Å². The van der Waals surface area contributed by atoms with Crippen LogP contribution in [0.3, 0.4) is 0 Å². The molecule has 1 N–H and O–H groups in total. The SMILES string of the molecule is CCOC(=O)C1=C(C)N=c2s/c(=C\c3ccc(OCc4cccc(C(=O)O)c4)cc3)c(=O)n2[C@H]1c1ccc(OC)c(OCC)c1. The average Bonchev–Trinajstić information content (AvgIpc) is 3.34. The minimum atomic E-state index is -0.996. The Morgan fingerprint density at radius 1 is 1.00 bits per heavy atom. The molecule has 3 aromatic carbocycles. The third kappa shape index (κ3) is 6.68. The second kappa shape index (κ2) is 13.6. The van der Waals surface area contributed by atoms with Gasteiger partial charge in [-0.15, -0.1) is 0 Å². The van der Waals surface area contributed by atoms with Crippen molar-refractivity contribution in [1.29, 1.82) is 0 Å². The molecule has 5 rings (SSSR count). The maximum atomic E-state index is 14.0. The number of esters is 1. The summed E-state index contributed by atoms with van der Waals surface area (Å²) in [5.41, 5.74) is 2.79. The molecule has 0 spiro atoms. The molecule has 0 radical (unpaired) electrons. The maximum Gasteiger partial charge on any atom is 0.338 e. The number of methoxy groups -OCH3 is 1. The summed E-state index contributed by atoms with van der Waals surface area (Å²) in [6.07, 6.45) is 1.77. The van der Waals surface area contributed by atoms with Crippen LogP contribution in [-0.2, 0) is 16.1 Å². The monoisotopic (exact) mass is 628 g/mol. The lowest BCUT2D eigenvalue weighted by atomic mass is 9.95. The van der Waals surface area contributed by atoms with Gasteiger partial charge in [0.1, 0.15) is 12.4 Å². The van der Waals surface area contributed by atoms with Gasteiger partial charge in [-0.3, -0.25) is 9.36 Å². The zero-order valence-electron chi connectivity index (χ0n) is 25.2. The highest BCUT2D eigenvalue weighted by atomic mass is 32.1. The molecule has 45 heavy (non-hydrogen) atoms. The van der Waals surface area contributed by atoms with E-state index in [1.54, 1.807) is 75.6 Å². The second-order valence-electron chi connectivity index (χ2n) is 10.0. The number of carbonyl (C=O) groups is 2. The third-order valence-corrected chi connectivity index (χ3v) is 8.06. The highest BCUT2D eigenvalue weighted by Gasteiger charge is 2.34. The molecule has 0 aliphatic carbocycles. The Labute approximate surface area is 263 Å². The summed E-state index contributed by atoms with van der Waals surface area (Å²) < 4.78 is 24.4. The molecule has 10 nitrogen and oxygen atoms in total. The van der Waals surface area contributed by atoms with E-state index >= 15 is 0 Å². The Kier molecular flexibility index (Phi) is 9.48. The molecular formula is C34H32N2O8S. The lowest BCUT2D eigenvalue weighted by Gasteiger charge is -2.25. The molecule has 0 unspecified atom stereocenters. The lowest BCUT2D eigenvalue weighted by molar-refractivity contribution is -0.139. The molecule has 1 aliphatic heterocycles. The average molecular weight is 629 g/mol. The quantitative estimate of drug-likeness (QED) is 0.241. The molecule has 4 aromatic rings. The topological polar surface area (TPSA) is 126 Å². The number of benzene rings is 3. The van der Waals surface area contributed by atoms with E-state index in [1.165, 1.54) is 22.0 Å². The van der Waals surface area contributed by atoms with Gasteiger partial charge in [-0.25, -0.2) is 14.6 Å². The van der Waals surface area contributed by atoms with Gasteiger partial charge in [0, 0.05) is 0 Å². The van der Waals surface area contributed by atoms with E-state index in [0.717, 1.165) is 11.1 Å². The van der Waals surface area contributed by atoms with Gasteiger partial charge in [0.2, 0.25) is 0 Å². The van der Waals surface area contributed by atoms with Crippen molar-refractivity contribution in [3.63, 3.8) is 0 Å². The zero-order chi connectivity index (χ0) is 32.1. The van der Waals surface area contributed by atoms with Gasteiger partial charge in [-0.05, 0) is 79.9 Å². The largest absolute Gasteiger partial charge is 0.493 e. The lowest BCUT2D eigenvalue weighted by Crippen LogP contribution is -2.40. The number of nitrogens with zero attached hydrogens (tertiary/aromatic N) is 2. The number of carboxylic acids is 1. The summed E-state index contributed by atoms with van der Waals surface area (Å²) in [4.78, 5) is 43.5. The predicted octanol–water partition coefficient (Wildman–Crippen LogP) is 4.48. The number of aromatic carboxylic acids is 1. The van der Waals surface area contributed by atoms with E-state index in [9.17, 15) is 19.5 Å². The Balaban J connectivity index is 1.50. The summed E-state index contributed by atoms with van der Waals surface area (Å²) in [5.74, 6) is 0.0806. The minimum absolute atomic E-state index is 0.175. The Morgan fingerprint density at radius 2 is 1.78 bits per heavy atom. The molecule has 0 saturated heterocycles. The normalized spacial score (nSPS) is 14.4. The molecule has 1 aromatic heterocycles. The number of allylic oxidation sites excluding steroid dienone is 1. The van der Waals surface area contributed by atoms with Crippen LogP contribution in [0.5, 0.6) is 17.2 Å².